The number of ether oxygens (including phenoxy) is 2. The van der Waals surface area contributed by atoms with Crippen molar-refractivity contribution in [2.24, 2.45) is 0 Å². The van der Waals surface area contributed by atoms with Crippen LogP contribution in [0.4, 0.5) is 4.79 Å². The fourth-order valence-electron chi connectivity index (χ4n) is 2.18. The molecule has 5 nitrogen and oxygen atoms in total. The Morgan fingerprint density at radius 2 is 1.78 bits per heavy atom. The van der Waals surface area contributed by atoms with Crippen molar-refractivity contribution in [3.63, 3.8) is 0 Å². The molecule has 128 valence electrons. The van der Waals surface area contributed by atoms with Crippen molar-refractivity contribution in [3.05, 3.63) is 29.8 Å². The van der Waals surface area contributed by atoms with Crippen molar-refractivity contribution >= 4 is 18.5 Å². The van der Waals surface area contributed by atoms with Gasteiger partial charge in [0, 0.05) is 5.30 Å². The van der Waals surface area contributed by atoms with Crippen LogP contribution in [-0.2, 0) is 20.6 Å². The van der Waals surface area contributed by atoms with Crippen molar-refractivity contribution in [2.75, 3.05) is 26.4 Å². The Morgan fingerprint density at radius 3 is 2.26 bits per heavy atom. The SMILES string of the molecule is CC(C)(C)OC(=O)N1CC(OCc2ccc(P(C)(C)=O)cc2)C1. The minimum absolute atomic E-state index is 0.0469. The van der Waals surface area contributed by atoms with Gasteiger partial charge in [0.05, 0.1) is 25.8 Å². The molecular weight excluding hydrogens is 313 g/mol. The van der Waals surface area contributed by atoms with Gasteiger partial charge in [-0.15, -0.1) is 0 Å². The van der Waals surface area contributed by atoms with Crippen LogP contribution >= 0.6 is 7.14 Å². The summed E-state index contributed by atoms with van der Waals surface area (Å²) in [7, 11) is -2.21. The van der Waals surface area contributed by atoms with Gasteiger partial charge < -0.3 is 18.9 Å². The molecule has 6 heteroatoms. The Bertz CT molecular complexity index is 594. The van der Waals surface area contributed by atoms with E-state index in [-0.39, 0.29) is 12.2 Å². The first-order chi connectivity index (χ1) is 10.5. The number of likely N-dealkylation sites (tertiary alicyclic amines) is 1. The van der Waals surface area contributed by atoms with Crippen LogP contribution in [0, 0.1) is 0 Å². The third kappa shape index (κ3) is 5.36. The van der Waals surface area contributed by atoms with Crippen LogP contribution in [0.1, 0.15) is 26.3 Å². The maximum atomic E-state index is 12.0. The first-order valence-electron chi connectivity index (χ1n) is 7.78. The number of hydrogen-bond donors (Lipinski definition) is 0. The molecule has 1 aromatic rings. The molecule has 2 rings (SSSR count). The molecule has 1 aliphatic rings. The van der Waals surface area contributed by atoms with Crippen LogP contribution < -0.4 is 5.30 Å². The summed E-state index contributed by atoms with van der Waals surface area (Å²) in [6, 6.07) is 7.68. The van der Waals surface area contributed by atoms with Crippen molar-refractivity contribution in [3.8, 4) is 0 Å². The summed E-state index contributed by atoms with van der Waals surface area (Å²) >= 11 is 0. The molecule has 0 bridgehead atoms. The van der Waals surface area contributed by atoms with Crippen LogP contribution in [0.2, 0.25) is 0 Å². The average molecular weight is 339 g/mol. The zero-order chi connectivity index (χ0) is 17.3. The molecule has 1 aliphatic heterocycles. The third-order valence-electron chi connectivity index (χ3n) is 3.54. The highest BCUT2D eigenvalue weighted by Gasteiger charge is 2.34. The lowest BCUT2D eigenvalue weighted by Gasteiger charge is -2.39. The molecule has 0 atom stereocenters. The average Bonchev–Trinajstić information content (AvgIpc) is 2.34. The van der Waals surface area contributed by atoms with Gasteiger partial charge in [-0.3, -0.25) is 0 Å². The number of nitrogens with zero attached hydrogens (tertiary/aromatic N) is 1. The second kappa shape index (κ2) is 6.66. The van der Waals surface area contributed by atoms with Crippen LogP contribution in [0.3, 0.4) is 0 Å². The fourth-order valence-corrected chi connectivity index (χ4v) is 3.05. The molecule has 1 fully saturated rings. The van der Waals surface area contributed by atoms with Crippen molar-refractivity contribution in [2.45, 2.75) is 39.1 Å². The van der Waals surface area contributed by atoms with E-state index >= 15 is 0 Å². The number of carbonyl (C=O) groups excluding carboxylic acids is 1. The number of carbonyl (C=O) groups is 1. The van der Waals surface area contributed by atoms with E-state index in [1.54, 1.807) is 18.2 Å². The van der Waals surface area contributed by atoms with Crippen molar-refractivity contribution < 1.29 is 18.8 Å². The Labute approximate surface area is 138 Å². The topological polar surface area (TPSA) is 55.8 Å². The lowest BCUT2D eigenvalue weighted by Crippen LogP contribution is -2.55. The minimum Gasteiger partial charge on any atom is -0.444 e. The van der Waals surface area contributed by atoms with Crippen molar-refractivity contribution in [1.82, 2.24) is 4.90 Å². The molecular formula is C17H26NO4P. The van der Waals surface area contributed by atoms with Gasteiger partial charge >= 0.3 is 6.09 Å². The van der Waals surface area contributed by atoms with Gasteiger partial charge in [0.1, 0.15) is 12.7 Å². The largest absolute Gasteiger partial charge is 0.444 e. The van der Waals surface area contributed by atoms with E-state index in [9.17, 15) is 9.36 Å². The van der Waals surface area contributed by atoms with E-state index in [0.717, 1.165) is 10.9 Å². The predicted molar refractivity (Wildman–Crippen MR) is 91.9 cm³/mol. The highest BCUT2D eigenvalue weighted by atomic mass is 31.2. The summed E-state index contributed by atoms with van der Waals surface area (Å²) in [6.07, 6.45) is -0.242. The van der Waals surface area contributed by atoms with Gasteiger partial charge in [-0.25, -0.2) is 4.79 Å². The Balaban J connectivity index is 1.75. The zero-order valence-electron chi connectivity index (χ0n) is 14.5. The highest BCUT2D eigenvalue weighted by Crippen LogP contribution is 2.34. The van der Waals surface area contributed by atoms with E-state index in [2.05, 4.69) is 0 Å². The Hall–Kier alpha value is -1.32. The maximum Gasteiger partial charge on any atom is 0.410 e. The maximum absolute atomic E-state index is 12.0. The number of benzene rings is 1. The summed E-state index contributed by atoms with van der Waals surface area (Å²) in [5.41, 5.74) is 0.570. The van der Waals surface area contributed by atoms with Crippen LogP contribution in [-0.4, -0.2) is 49.1 Å². The number of rotatable bonds is 4. The number of hydrogen-bond acceptors (Lipinski definition) is 4. The van der Waals surface area contributed by atoms with Crippen LogP contribution in [0.25, 0.3) is 0 Å². The summed E-state index contributed by atoms with van der Waals surface area (Å²) < 4.78 is 23.1. The normalized spacial score (nSPS) is 16.1. The highest BCUT2D eigenvalue weighted by molar-refractivity contribution is 7.70. The Morgan fingerprint density at radius 1 is 1.22 bits per heavy atom. The van der Waals surface area contributed by atoms with Gasteiger partial charge in [-0.2, -0.15) is 0 Å². The Kier molecular flexibility index (Phi) is 5.22. The first-order valence-corrected chi connectivity index (χ1v) is 10.4. The predicted octanol–water partition coefficient (Wildman–Crippen LogP) is 3.07. The lowest BCUT2D eigenvalue weighted by molar-refractivity contribution is -0.0691. The summed E-state index contributed by atoms with van der Waals surface area (Å²) in [5, 5.41) is 0.876. The summed E-state index contributed by atoms with van der Waals surface area (Å²) in [6.45, 7) is 10.7. The molecule has 0 aliphatic carbocycles. The minimum atomic E-state index is -2.21. The molecule has 1 amide bonds. The molecule has 0 unspecified atom stereocenters. The summed E-state index contributed by atoms with van der Waals surface area (Å²) in [4.78, 5) is 13.5. The fraction of sp³-hybridized carbons (Fsp3) is 0.588. The lowest BCUT2D eigenvalue weighted by atomic mass is 10.1. The van der Waals surface area contributed by atoms with Crippen molar-refractivity contribution in [1.29, 1.82) is 0 Å². The molecule has 1 aromatic carbocycles. The molecule has 1 heterocycles. The molecule has 1 saturated heterocycles. The van der Waals surface area contributed by atoms with E-state index in [1.807, 2.05) is 45.0 Å². The van der Waals surface area contributed by atoms with E-state index in [4.69, 9.17) is 9.47 Å². The van der Waals surface area contributed by atoms with Gasteiger partial charge in [0.2, 0.25) is 0 Å². The molecule has 0 aromatic heterocycles. The third-order valence-corrected chi connectivity index (χ3v) is 5.09. The van der Waals surface area contributed by atoms with Crippen LogP contribution in [0.5, 0.6) is 0 Å². The second-order valence-electron chi connectivity index (χ2n) is 7.34. The van der Waals surface area contributed by atoms with E-state index in [0.29, 0.717) is 19.7 Å². The standard InChI is InChI=1S/C17H26NO4P/c1-17(2,3)22-16(19)18-10-14(11-18)21-12-13-6-8-15(9-7-13)23(4,5)20/h6-9,14H,10-12H2,1-5H3. The molecule has 0 radical (unpaired) electrons. The molecule has 23 heavy (non-hydrogen) atoms. The van der Waals surface area contributed by atoms with Gasteiger partial charge in [-0.1, -0.05) is 24.3 Å². The monoisotopic (exact) mass is 339 g/mol. The zero-order valence-corrected chi connectivity index (χ0v) is 15.4. The van der Waals surface area contributed by atoms with Crippen LogP contribution in [0.15, 0.2) is 24.3 Å². The van der Waals surface area contributed by atoms with Gasteiger partial charge in [-0.05, 0) is 39.7 Å². The molecule has 0 N–H and O–H groups in total. The number of amides is 1. The first kappa shape index (κ1) is 18.0. The second-order valence-corrected chi connectivity index (χ2v) is 10.6. The molecule has 0 spiro atoms. The summed E-state index contributed by atoms with van der Waals surface area (Å²) in [5.74, 6) is 0. The van der Waals surface area contributed by atoms with E-state index in [1.165, 1.54) is 0 Å². The quantitative estimate of drug-likeness (QED) is 0.791. The van der Waals surface area contributed by atoms with E-state index < -0.39 is 12.7 Å². The molecule has 0 saturated carbocycles. The van der Waals surface area contributed by atoms with Gasteiger partial charge in [0.15, 0.2) is 0 Å². The van der Waals surface area contributed by atoms with Gasteiger partial charge in [0.25, 0.3) is 0 Å². The smallest absolute Gasteiger partial charge is 0.410 e.